The predicted octanol–water partition coefficient (Wildman–Crippen LogP) is -0.754. The summed E-state index contributed by atoms with van der Waals surface area (Å²) in [4.78, 5) is 0. The van der Waals surface area contributed by atoms with E-state index in [2.05, 4.69) is 0 Å². The summed E-state index contributed by atoms with van der Waals surface area (Å²) >= 11 is 0. The first kappa shape index (κ1) is 10.5. The second-order valence-electron chi connectivity index (χ2n) is 0.871. The molecule has 40 valence electrons. The van der Waals surface area contributed by atoms with Crippen molar-refractivity contribution in [2.75, 3.05) is 5.75 Å². The van der Waals surface area contributed by atoms with Gasteiger partial charge in [0, 0.05) is 0 Å². The molecule has 0 spiro atoms. The molecule has 7 heavy (non-hydrogen) atoms. The fourth-order valence-electron chi connectivity index (χ4n) is 0. The van der Waals surface area contributed by atoms with Gasteiger partial charge in [-0.3, -0.25) is 4.55 Å². The molecule has 0 heterocycles. The van der Waals surface area contributed by atoms with Gasteiger partial charge in [-0.05, 0) is 6.92 Å². The van der Waals surface area contributed by atoms with E-state index in [4.69, 9.17) is 4.55 Å². The van der Waals surface area contributed by atoms with Crippen LogP contribution in [0.3, 0.4) is 0 Å². The summed E-state index contributed by atoms with van der Waals surface area (Å²) in [5.74, 6) is -0.201. The molecule has 0 saturated heterocycles. The van der Waals surface area contributed by atoms with Gasteiger partial charge in [0.1, 0.15) is 0 Å². The van der Waals surface area contributed by atoms with Crippen LogP contribution in [0.4, 0.5) is 0 Å². The van der Waals surface area contributed by atoms with Crippen LogP contribution in [-0.4, -0.2) is 37.6 Å². The molecule has 0 amide bonds. The summed E-state index contributed by atoms with van der Waals surface area (Å²) in [7, 11) is -3.66. The summed E-state index contributed by atoms with van der Waals surface area (Å²) in [6.45, 7) is 1.37. The Morgan fingerprint density at radius 2 is 1.71 bits per heavy atom. The fraction of sp³-hybridized carbons (Fsp3) is 1.00. The normalized spacial score (nSPS) is 10.0. The van der Waals surface area contributed by atoms with E-state index in [1.165, 1.54) is 6.92 Å². The summed E-state index contributed by atoms with van der Waals surface area (Å²) in [6, 6.07) is 0. The van der Waals surface area contributed by atoms with Gasteiger partial charge in [-0.25, -0.2) is 0 Å². The van der Waals surface area contributed by atoms with Gasteiger partial charge in [-0.15, -0.1) is 0 Å². The quantitative estimate of drug-likeness (QED) is 0.364. The molecule has 0 radical (unpaired) electrons. The van der Waals surface area contributed by atoms with Crippen LogP contribution in [0.2, 0.25) is 0 Å². The third-order valence-electron chi connectivity index (χ3n) is 0.365. The van der Waals surface area contributed by atoms with E-state index in [1.807, 2.05) is 0 Å². The number of hydrogen-bond acceptors (Lipinski definition) is 2. The first-order valence-electron chi connectivity index (χ1n) is 1.51. The van der Waals surface area contributed by atoms with Crippen molar-refractivity contribution in [1.82, 2.24) is 0 Å². The Labute approximate surface area is 55.0 Å². The van der Waals surface area contributed by atoms with E-state index in [0.29, 0.717) is 0 Å². The second-order valence-corrected chi connectivity index (χ2v) is 2.61. The van der Waals surface area contributed by atoms with Crippen LogP contribution in [0.5, 0.6) is 0 Å². The van der Waals surface area contributed by atoms with E-state index in [0.717, 1.165) is 0 Å². The minimum absolute atomic E-state index is 0. The van der Waals surface area contributed by atoms with Crippen molar-refractivity contribution in [1.29, 1.82) is 0 Å². The second kappa shape index (κ2) is 3.50. The Morgan fingerprint density at radius 3 is 1.71 bits per heavy atom. The van der Waals surface area contributed by atoms with E-state index in [1.54, 1.807) is 0 Å². The molecule has 0 aliphatic carbocycles. The summed E-state index contributed by atoms with van der Waals surface area (Å²) in [6.07, 6.45) is 0. The fourth-order valence-corrected chi connectivity index (χ4v) is 0. The molecule has 1 N–H and O–H groups in total. The molecule has 0 saturated carbocycles. The van der Waals surface area contributed by atoms with Crippen LogP contribution < -0.4 is 0 Å². The van der Waals surface area contributed by atoms with Crippen molar-refractivity contribution in [2.45, 2.75) is 6.92 Å². The average molecular weight is 118 g/mol. The van der Waals surface area contributed by atoms with Crippen molar-refractivity contribution < 1.29 is 13.0 Å². The minimum atomic E-state index is -3.66. The number of hydrogen-bond donors (Lipinski definition) is 1. The third-order valence-corrected chi connectivity index (χ3v) is 1.09. The van der Waals surface area contributed by atoms with Crippen molar-refractivity contribution >= 4 is 29.0 Å². The van der Waals surface area contributed by atoms with Gasteiger partial charge in [0.25, 0.3) is 10.1 Å². The summed E-state index contributed by atoms with van der Waals surface area (Å²) in [5, 5.41) is 0. The van der Waals surface area contributed by atoms with E-state index < -0.39 is 10.1 Å². The van der Waals surface area contributed by atoms with Gasteiger partial charge >= 0.3 is 18.9 Å². The van der Waals surface area contributed by atoms with Crippen LogP contribution in [0.15, 0.2) is 0 Å². The molecule has 0 aromatic carbocycles. The molecule has 0 unspecified atom stereocenters. The van der Waals surface area contributed by atoms with Crippen molar-refractivity contribution in [3.63, 3.8) is 0 Å². The van der Waals surface area contributed by atoms with Gasteiger partial charge in [0.15, 0.2) is 0 Å². The molecule has 0 aromatic rings. The first-order chi connectivity index (χ1) is 2.56. The Morgan fingerprint density at radius 1 is 1.57 bits per heavy atom. The van der Waals surface area contributed by atoms with Gasteiger partial charge in [-0.2, -0.15) is 8.42 Å². The van der Waals surface area contributed by atoms with E-state index >= 15 is 0 Å². The Bertz CT molecular complexity index is 115. The van der Waals surface area contributed by atoms with Gasteiger partial charge in [0.05, 0.1) is 5.75 Å². The van der Waals surface area contributed by atoms with Crippen LogP contribution in [-0.2, 0) is 10.1 Å². The predicted molar refractivity (Wildman–Crippen MR) is 29.2 cm³/mol. The SMILES string of the molecule is CCS(=O)(=O)O.[LiH]. The maximum atomic E-state index is 9.56. The molecule has 0 aromatic heterocycles. The maximum absolute atomic E-state index is 9.56. The molecular weight excluding hydrogens is 111 g/mol. The molecule has 0 aliphatic rings. The Balaban J connectivity index is 0. The molecule has 0 fully saturated rings. The summed E-state index contributed by atoms with van der Waals surface area (Å²) in [5.41, 5.74) is 0. The van der Waals surface area contributed by atoms with E-state index in [9.17, 15) is 8.42 Å². The third kappa shape index (κ3) is 10.7. The van der Waals surface area contributed by atoms with Crippen LogP contribution >= 0.6 is 0 Å². The zero-order valence-corrected chi connectivity index (χ0v) is 4.20. The van der Waals surface area contributed by atoms with Gasteiger partial charge < -0.3 is 0 Å². The molecule has 0 bridgehead atoms. The zero-order valence-electron chi connectivity index (χ0n) is 3.38. The number of rotatable bonds is 1. The molecule has 0 aliphatic heterocycles. The topological polar surface area (TPSA) is 54.4 Å². The standard InChI is InChI=1S/C2H6O3S.Li.H/c1-2-6(3,4)5;;/h2H2,1H3,(H,3,4,5);;. The summed E-state index contributed by atoms with van der Waals surface area (Å²) < 4.78 is 26.9. The van der Waals surface area contributed by atoms with Gasteiger partial charge in [0.2, 0.25) is 0 Å². The monoisotopic (exact) mass is 118 g/mol. The Kier molecular flexibility index (Phi) is 5.24. The van der Waals surface area contributed by atoms with E-state index in [-0.39, 0.29) is 24.6 Å². The molecular formula is C2H7LiO3S. The van der Waals surface area contributed by atoms with Crippen LogP contribution in [0.1, 0.15) is 6.92 Å². The van der Waals surface area contributed by atoms with Crippen molar-refractivity contribution in [3.8, 4) is 0 Å². The van der Waals surface area contributed by atoms with Crippen LogP contribution in [0.25, 0.3) is 0 Å². The molecule has 0 rings (SSSR count). The molecule has 5 heteroatoms. The Hall–Kier alpha value is 0.507. The zero-order chi connectivity index (χ0) is 5.21. The van der Waals surface area contributed by atoms with Crippen molar-refractivity contribution in [2.24, 2.45) is 0 Å². The molecule has 3 nitrogen and oxygen atoms in total. The first-order valence-corrected chi connectivity index (χ1v) is 3.12. The van der Waals surface area contributed by atoms with Crippen molar-refractivity contribution in [3.05, 3.63) is 0 Å². The van der Waals surface area contributed by atoms with Gasteiger partial charge in [-0.1, -0.05) is 0 Å². The molecule has 0 atom stereocenters. The van der Waals surface area contributed by atoms with Crippen LogP contribution in [0, 0.1) is 0 Å². The average Bonchev–Trinajstić information content (AvgIpc) is 1.35.